The summed E-state index contributed by atoms with van der Waals surface area (Å²) in [5.74, 6) is 0.463. The fourth-order valence-electron chi connectivity index (χ4n) is 2.76. The molecule has 2 aromatic rings. The molecular formula is C17H22N4O2S. The van der Waals surface area contributed by atoms with E-state index in [1.165, 1.54) is 19.3 Å². The minimum absolute atomic E-state index is 0.121. The standard InChI is InChI=1S/C17H22N4O2S/c22-17(19-13-5-2-1-3-6-13)18-10-11-23-16-9-8-14(20-21-16)15-7-4-12-24-15/h4,7-9,12-13H,1-3,5-6,10-11H2,(H2,18,19,22). The van der Waals surface area contributed by atoms with Crippen LogP contribution in [0.25, 0.3) is 10.6 Å². The van der Waals surface area contributed by atoms with E-state index in [1.807, 2.05) is 23.6 Å². The Hall–Kier alpha value is -2.15. The maximum Gasteiger partial charge on any atom is 0.315 e. The number of nitrogens with one attached hydrogen (secondary N) is 2. The van der Waals surface area contributed by atoms with Crippen LogP contribution in [-0.2, 0) is 0 Å². The van der Waals surface area contributed by atoms with E-state index in [4.69, 9.17) is 4.74 Å². The van der Waals surface area contributed by atoms with Crippen molar-refractivity contribution in [1.29, 1.82) is 0 Å². The molecule has 0 aromatic carbocycles. The first-order valence-electron chi connectivity index (χ1n) is 8.36. The zero-order chi connectivity index (χ0) is 16.6. The summed E-state index contributed by atoms with van der Waals surface area (Å²) in [7, 11) is 0. The van der Waals surface area contributed by atoms with Crippen LogP contribution in [0.3, 0.4) is 0 Å². The number of rotatable bonds is 6. The average Bonchev–Trinajstić information content (AvgIpc) is 3.15. The van der Waals surface area contributed by atoms with Crippen molar-refractivity contribution < 1.29 is 9.53 Å². The van der Waals surface area contributed by atoms with Crippen molar-refractivity contribution in [3.05, 3.63) is 29.6 Å². The van der Waals surface area contributed by atoms with Gasteiger partial charge in [-0.2, -0.15) is 0 Å². The van der Waals surface area contributed by atoms with Crippen molar-refractivity contribution in [2.45, 2.75) is 38.1 Å². The zero-order valence-corrected chi connectivity index (χ0v) is 14.3. The molecule has 7 heteroatoms. The van der Waals surface area contributed by atoms with Crippen molar-refractivity contribution in [2.75, 3.05) is 13.2 Å². The highest BCUT2D eigenvalue weighted by Crippen LogP contribution is 2.22. The van der Waals surface area contributed by atoms with Crippen LogP contribution < -0.4 is 15.4 Å². The van der Waals surface area contributed by atoms with E-state index in [0.717, 1.165) is 23.4 Å². The molecule has 0 saturated heterocycles. The predicted molar refractivity (Wildman–Crippen MR) is 94.2 cm³/mol. The molecule has 0 unspecified atom stereocenters. The molecule has 128 valence electrons. The Kier molecular flexibility index (Phi) is 6.01. The molecule has 24 heavy (non-hydrogen) atoms. The van der Waals surface area contributed by atoms with Crippen molar-refractivity contribution in [3.63, 3.8) is 0 Å². The normalized spacial score (nSPS) is 15.0. The van der Waals surface area contributed by atoms with Gasteiger partial charge in [-0.1, -0.05) is 25.3 Å². The summed E-state index contributed by atoms with van der Waals surface area (Å²) < 4.78 is 5.51. The second-order valence-electron chi connectivity index (χ2n) is 5.82. The monoisotopic (exact) mass is 346 g/mol. The molecule has 2 heterocycles. The molecule has 1 fully saturated rings. The van der Waals surface area contributed by atoms with Gasteiger partial charge in [-0.25, -0.2) is 4.79 Å². The Morgan fingerprint density at radius 3 is 2.79 bits per heavy atom. The number of nitrogens with zero attached hydrogens (tertiary/aromatic N) is 2. The summed E-state index contributed by atoms with van der Waals surface area (Å²) in [5, 5.41) is 16.0. The average molecular weight is 346 g/mol. The summed E-state index contributed by atoms with van der Waals surface area (Å²) in [4.78, 5) is 12.9. The molecule has 0 bridgehead atoms. The Balaban J connectivity index is 1.35. The van der Waals surface area contributed by atoms with Crippen molar-refractivity contribution in [3.8, 4) is 16.5 Å². The molecule has 2 aromatic heterocycles. The lowest BCUT2D eigenvalue weighted by molar-refractivity contribution is 0.228. The number of carbonyl (C=O) groups excluding carboxylic acids is 1. The smallest absolute Gasteiger partial charge is 0.315 e. The molecule has 0 radical (unpaired) electrons. The lowest BCUT2D eigenvalue weighted by Crippen LogP contribution is -2.44. The maximum absolute atomic E-state index is 11.8. The summed E-state index contributed by atoms with van der Waals surface area (Å²) in [6.07, 6.45) is 5.84. The van der Waals surface area contributed by atoms with E-state index in [-0.39, 0.29) is 6.03 Å². The van der Waals surface area contributed by atoms with Crippen LogP contribution in [0.5, 0.6) is 5.88 Å². The maximum atomic E-state index is 11.8. The van der Waals surface area contributed by atoms with E-state index >= 15 is 0 Å². The van der Waals surface area contributed by atoms with Crippen molar-refractivity contribution in [2.24, 2.45) is 0 Å². The van der Waals surface area contributed by atoms with Crippen LogP contribution >= 0.6 is 11.3 Å². The number of urea groups is 1. The molecule has 1 aliphatic rings. The highest BCUT2D eigenvalue weighted by atomic mass is 32.1. The molecule has 3 rings (SSSR count). The first kappa shape index (κ1) is 16.7. The quantitative estimate of drug-likeness (QED) is 0.788. The third-order valence-corrected chi connectivity index (χ3v) is 4.88. The molecule has 1 aliphatic carbocycles. The van der Waals surface area contributed by atoms with E-state index in [1.54, 1.807) is 17.4 Å². The number of thiophene rings is 1. The second-order valence-corrected chi connectivity index (χ2v) is 6.77. The molecule has 2 amide bonds. The van der Waals surface area contributed by atoms with Gasteiger partial charge in [-0.05, 0) is 30.4 Å². The summed E-state index contributed by atoms with van der Waals surface area (Å²) in [6.45, 7) is 0.804. The van der Waals surface area contributed by atoms with Crippen LogP contribution in [0.1, 0.15) is 32.1 Å². The fourth-order valence-corrected chi connectivity index (χ4v) is 3.45. The van der Waals surface area contributed by atoms with Crippen molar-refractivity contribution >= 4 is 17.4 Å². The Morgan fingerprint density at radius 1 is 1.21 bits per heavy atom. The first-order chi connectivity index (χ1) is 11.8. The van der Waals surface area contributed by atoms with Crippen LogP contribution in [0, 0.1) is 0 Å². The van der Waals surface area contributed by atoms with E-state index in [0.29, 0.717) is 25.1 Å². The Labute approximate surface area is 145 Å². The largest absolute Gasteiger partial charge is 0.475 e. The van der Waals surface area contributed by atoms with Gasteiger partial charge in [0.25, 0.3) is 0 Å². The van der Waals surface area contributed by atoms with Gasteiger partial charge >= 0.3 is 6.03 Å². The number of hydrogen-bond acceptors (Lipinski definition) is 5. The molecular weight excluding hydrogens is 324 g/mol. The van der Waals surface area contributed by atoms with Crippen LogP contribution in [0.2, 0.25) is 0 Å². The number of ether oxygens (including phenoxy) is 1. The minimum Gasteiger partial charge on any atom is -0.475 e. The van der Waals surface area contributed by atoms with Gasteiger partial charge in [0, 0.05) is 12.1 Å². The molecule has 2 N–H and O–H groups in total. The molecule has 1 saturated carbocycles. The van der Waals surface area contributed by atoms with E-state index < -0.39 is 0 Å². The zero-order valence-electron chi connectivity index (χ0n) is 13.5. The highest BCUT2D eigenvalue weighted by molar-refractivity contribution is 7.13. The topological polar surface area (TPSA) is 76.1 Å². The van der Waals surface area contributed by atoms with E-state index in [2.05, 4.69) is 20.8 Å². The van der Waals surface area contributed by atoms with E-state index in [9.17, 15) is 4.79 Å². The molecule has 6 nitrogen and oxygen atoms in total. The Bertz CT molecular complexity index is 625. The van der Waals surface area contributed by atoms with Gasteiger partial charge in [-0.3, -0.25) is 0 Å². The second kappa shape index (κ2) is 8.63. The van der Waals surface area contributed by atoms with Crippen LogP contribution in [-0.4, -0.2) is 35.4 Å². The lowest BCUT2D eigenvalue weighted by Gasteiger charge is -2.22. The number of aromatic nitrogens is 2. The molecule has 0 spiro atoms. The fraction of sp³-hybridized carbons (Fsp3) is 0.471. The lowest BCUT2D eigenvalue weighted by atomic mass is 9.96. The molecule has 0 aliphatic heterocycles. The van der Waals surface area contributed by atoms with Gasteiger partial charge < -0.3 is 15.4 Å². The summed E-state index contributed by atoms with van der Waals surface area (Å²) in [6, 6.07) is 7.86. The van der Waals surface area contributed by atoms with Crippen LogP contribution in [0.15, 0.2) is 29.6 Å². The molecule has 0 atom stereocenters. The summed E-state index contributed by atoms with van der Waals surface area (Å²) >= 11 is 1.62. The first-order valence-corrected chi connectivity index (χ1v) is 9.24. The van der Waals surface area contributed by atoms with Gasteiger partial charge in [0.15, 0.2) is 0 Å². The number of carbonyl (C=O) groups is 1. The van der Waals surface area contributed by atoms with Gasteiger partial charge in [0.05, 0.1) is 11.4 Å². The summed E-state index contributed by atoms with van der Waals surface area (Å²) in [5.41, 5.74) is 0.835. The van der Waals surface area contributed by atoms with Gasteiger partial charge in [-0.15, -0.1) is 21.5 Å². The van der Waals surface area contributed by atoms with Crippen LogP contribution in [0.4, 0.5) is 4.79 Å². The Morgan fingerprint density at radius 2 is 2.08 bits per heavy atom. The van der Waals surface area contributed by atoms with Gasteiger partial charge in [0.1, 0.15) is 12.3 Å². The third-order valence-electron chi connectivity index (χ3n) is 3.99. The number of hydrogen-bond donors (Lipinski definition) is 2. The highest BCUT2D eigenvalue weighted by Gasteiger charge is 2.15. The van der Waals surface area contributed by atoms with Gasteiger partial charge in [0.2, 0.25) is 5.88 Å². The minimum atomic E-state index is -0.121. The van der Waals surface area contributed by atoms with Crippen molar-refractivity contribution in [1.82, 2.24) is 20.8 Å². The third kappa shape index (κ3) is 4.92. The predicted octanol–water partition coefficient (Wildman–Crippen LogP) is 3.22. The number of amides is 2. The SMILES string of the molecule is O=C(NCCOc1ccc(-c2cccs2)nn1)NC1CCCCC1.